The van der Waals surface area contributed by atoms with E-state index < -0.39 is 5.05 Å². The highest BCUT2D eigenvalue weighted by molar-refractivity contribution is 7.80. The third-order valence-electron chi connectivity index (χ3n) is 2.24. The van der Waals surface area contributed by atoms with Crippen molar-refractivity contribution in [3.05, 3.63) is 44.8 Å². The quantitative estimate of drug-likeness (QED) is 0.795. The molecule has 82 valence electrons. The van der Waals surface area contributed by atoms with Crippen molar-refractivity contribution >= 4 is 39.8 Å². The van der Waals surface area contributed by atoms with Gasteiger partial charge in [0.1, 0.15) is 16.9 Å². The Kier molecular flexibility index (Phi) is 2.69. The molecule has 0 unspecified atom stereocenters. The molecule has 0 fully saturated rings. The molecule has 0 aliphatic rings. The first-order chi connectivity index (χ1) is 7.50. The van der Waals surface area contributed by atoms with Gasteiger partial charge in [0.25, 0.3) is 0 Å². The van der Waals surface area contributed by atoms with Gasteiger partial charge in [-0.3, -0.25) is 4.79 Å². The van der Waals surface area contributed by atoms with E-state index in [4.69, 9.17) is 16.0 Å². The molecular formula is C11H7ClO3S. The van der Waals surface area contributed by atoms with Crippen molar-refractivity contribution in [1.29, 1.82) is 0 Å². The number of fused-ring (bicyclic) bond motifs is 1. The van der Waals surface area contributed by atoms with Gasteiger partial charge in [0.2, 0.25) is 5.43 Å². The van der Waals surface area contributed by atoms with Gasteiger partial charge in [0.15, 0.2) is 5.05 Å². The molecule has 1 N–H and O–H groups in total. The largest absolute Gasteiger partial charge is 0.498 e. The van der Waals surface area contributed by atoms with Crippen LogP contribution in [0.3, 0.4) is 0 Å². The number of halogens is 1. The average molecular weight is 255 g/mol. The predicted molar refractivity (Wildman–Crippen MR) is 66.6 cm³/mol. The van der Waals surface area contributed by atoms with E-state index in [1.165, 1.54) is 6.07 Å². The van der Waals surface area contributed by atoms with Gasteiger partial charge in [-0.2, -0.15) is 0 Å². The van der Waals surface area contributed by atoms with Crippen molar-refractivity contribution in [1.82, 2.24) is 0 Å². The van der Waals surface area contributed by atoms with Crippen molar-refractivity contribution in [3.63, 3.8) is 0 Å². The van der Waals surface area contributed by atoms with Gasteiger partial charge in [0, 0.05) is 5.02 Å². The van der Waals surface area contributed by atoms with Gasteiger partial charge in [0.05, 0.1) is 5.39 Å². The summed E-state index contributed by atoms with van der Waals surface area (Å²) in [6.07, 6.45) is 0. The van der Waals surface area contributed by atoms with E-state index in [9.17, 15) is 9.90 Å². The van der Waals surface area contributed by atoms with Crippen LogP contribution in [0.5, 0.6) is 0 Å². The Bertz CT molecular complexity index is 645. The molecule has 0 aliphatic heterocycles. The van der Waals surface area contributed by atoms with Crippen LogP contribution in [0.25, 0.3) is 11.0 Å². The fraction of sp³-hybridized carbons (Fsp3) is 0.0909. The van der Waals surface area contributed by atoms with Crippen molar-refractivity contribution in [2.75, 3.05) is 0 Å². The van der Waals surface area contributed by atoms with Gasteiger partial charge in [-0.1, -0.05) is 11.6 Å². The van der Waals surface area contributed by atoms with E-state index in [0.717, 1.165) is 0 Å². The molecule has 0 spiro atoms. The molecule has 5 heteroatoms. The van der Waals surface area contributed by atoms with Crippen molar-refractivity contribution < 1.29 is 9.52 Å². The number of aliphatic hydroxyl groups excluding tert-OH is 1. The van der Waals surface area contributed by atoms with Crippen LogP contribution in [-0.2, 0) is 0 Å². The Labute approximate surface area is 101 Å². The van der Waals surface area contributed by atoms with E-state index in [1.807, 2.05) is 0 Å². The lowest BCUT2D eigenvalue weighted by Gasteiger charge is -2.04. The molecule has 1 aromatic heterocycles. The van der Waals surface area contributed by atoms with E-state index in [-0.39, 0.29) is 11.0 Å². The number of aliphatic hydroxyl groups is 1. The summed E-state index contributed by atoms with van der Waals surface area (Å²) in [5, 5.41) is 9.53. The third kappa shape index (κ3) is 1.70. The Morgan fingerprint density at radius 2 is 2.19 bits per heavy atom. The third-order valence-corrected chi connectivity index (χ3v) is 2.68. The summed E-state index contributed by atoms with van der Waals surface area (Å²) in [4.78, 5) is 12.0. The van der Waals surface area contributed by atoms with Crippen LogP contribution >= 0.6 is 23.8 Å². The van der Waals surface area contributed by atoms with Crippen LogP contribution in [0.15, 0.2) is 27.4 Å². The van der Waals surface area contributed by atoms with Crippen LogP contribution in [0.2, 0.25) is 5.02 Å². The lowest BCUT2D eigenvalue weighted by atomic mass is 10.1. The summed E-state index contributed by atoms with van der Waals surface area (Å²) in [6.45, 7) is 1.58. The first kappa shape index (κ1) is 11.1. The van der Waals surface area contributed by atoms with Crippen molar-refractivity contribution in [3.8, 4) is 0 Å². The minimum Gasteiger partial charge on any atom is -0.498 e. The van der Waals surface area contributed by atoms with Crippen molar-refractivity contribution in [2.24, 2.45) is 0 Å². The standard InChI is InChI=1S/C11H7ClO3S/c1-5-9(11(14)16)10(13)7-4-6(12)2-3-8(7)15-5/h2-4H,1H3,(H,14,16). The minimum absolute atomic E-state index is 0.0183. The lowest BCUT2D eigenvalue weighted by molar-refractivity contribution is 0.541. The number of thiocarbonyl (C=S) groups is 1. The average Bonchev–Trinajstić information content (AvgIpc) is 2.19. The number of hydrogen-bond acceptors (Lipinski definition) is 3. The Balaban J connectivity index is 2.96. The van der Waals surface area contributed by atoms with E-state index in [2.05, 4.69) is 12.2 Å². The predicted octanol–water partition coefficient (Wildman–Crippen LogP) is 2.99. The molecule has 1 aromatic carbocycles. The van der Waals surface area contributed by atoms with Crippen LogP contribution in [0.1, 0.15) is 11.3 Å². The maximum absolute atomic E-state index is 12.0. The molecule has 0 radical (unpaired) electrons. The van der Waals surface area contributed by atoms with Gasteiger partial charge in [-0.15, -0.1) is 0 Å². The highest BCUT2D eigenvalue weighted by atomic mass is 35.5. The van der Waals surface area contributed by atoms with Gasteiger partial charge < -0.3 is 9.52 Å². The summed E-state index contributed by atoms with van der Waals surface area (Å²) >= 11 is 10.4. The fourth-order valence-corrected chi connectivity index (χ4v) is 1.94. The highest BCUT2D eigenvalue weighted by Crippen LogP contribution is 2.19. The molecule has 16 heavy (non-hydrogen) atoms. The zero-order valence-electron chi connectivity index (χ0n) is 8.28. The van der Waals surface area contributed by atoms with Crippen LogP contribution in [0.4, 0.5) is 0 Å². The topological polar surface area (TPSA) is 50.4 Å². The molecule has 0 bridgehead atoms. The molecule has 0 atom stereocenters. The summed E-state index contributed by atoms with van der Waals surface area (Å²) in [5.74, 6) is 0.298. The smallest absolute Gasteiger partial charge is 0.204 e. The van der Waals surface area contributed by atoms with E-state index >= 15 is 0 Å². The molecule has 2 aromatic rings. The number of hydrogen-bond donors (Lipinski definition) is 1. The SMILES string of the molecule is Cc1oc2ccc(Cl)cc2c(=O)c1C(O)=S. The Morgan fingerprint density at radius 3 is 2.81 bits per heavy atom. The van der Waals surface area contributed by atoms with Gasteiger partial charge in [-0.05, 0) is 37.3 Å². The normalized spacial score (nSPS) is 10.6. The van der Waals surface area contributed by atoms with Crippen LogP contribution in [-0.4, -0.2) is 10.2 Å². The van der Waals surface area contributed by atoms with Gasteiger partial charge >= 0.3 is 0 Å². The lowest BCUT2D eigenvalue weighted by Crippen LogP contribution is -2.15. The minimum atomic E-state index is -0.465. The molecule has 2 rings (SSSR count). The monoisotopic (exact) mass is 254 g/mol. The second kappa shape index (κ2) is 3.88. The summed E-state index contributed by atoms with van der Waals surface area (Å²) < 4.78 is 5.38. The van der Waals surface area contributed by atoms with Gasteiger partial charge in [-0.25, -0.2) is 0 Å². The maximum Gasteiger partial charge on any atom is 0.204 e. The second-order valence-corrected chi connectivity index (χ2v) is 4.13. The molecule has 3 nitrogen and oxygen atoms in total. The van der Waals surface area contributed by atoms with Crippen molar-refractivity contribution in [2.45, 2.75) is 6.92 Å². The number of benzene rings is 1. The first-order valence-electron chi connectivity index (χ1n) is 4.47. The Morgan fingerprint density at radius 1 is 1.50 bits per heavy atom. The highest BCUT2D eigenvalue weighted by Gasteiger charge is 2.14. The van der Waals surface area contributed by atoms with Crippen LogP contribution in [0, 0.1) is 6.92 Å². The molecular weight excluding hydrogens is 248 g/mol. The van der Waals surface area contributed by atoms with E-state index in [0.29, 0.717) is 21.8 Å². The fourth-order valence-electron chi connectivity index (χ4n) is 1.53. The zero-order valence-corrected chi connectivity index (χ0v) is 9.85. The Hall–Kier alpha value is -1.39. The summed E-state index contributed by atoms with van der Waals surface area (Å²) in [5.41, 5.74) is 0.0745. The van der Waals surface area contributed by atoms with Crippen LogP contribution < -0.4 is 5.43 Å². The molecule has 0 saturated carbocycles. The zero-order chi connectivity index (χ0) is 11.9. The second-order valence-electron chi connectivity index (χ2n) is 3.31. The molecule has 0 saturated heterocycles. The number of rotatable bonds is 1. The molecule has 1 heterocycles. The first-order valence-corrected chi connectivity index (χ1v) is 5.25. The summed E-state index contributed by atoms with van der Waals surface area (Å²) in [6, 6.07) is 4.73. The summed E-state index contributed by atoms with van der Waals surface area (Å²) in [7, 11) is 0. The number of aryl methyl sites for hydroxylation is 1. The maximum atomic E-state index is 12.0. The molecule has 0 aliphatic carbocycles. The van der Waals surface area contributed by atoms with E-state index in [1.54, 1.807) is 19.1 Å². The molecule has 0 amide bonds.